The number of H-pyrrole nitrogens is 1. The Balaban J connectivity index is 3.00. The van der Waals surface area contributed by atoms with Crippen molar-refractivity contribution in [2.75, 3.05) is 17.8 Å². The average molecular weight is 489 g/mol. The number of thiol groups is 1. The van der Waals surface area contributed by atoms with Crippen molar-refractivity contribution in [3.8, 4) is 0 Å². The van der Waals surface area contributed by atoms with Crippen molar-refractivity contribution < 1.29 is 24.3 Å². The van der Waals surface area contributed by atoms with E-state index >= 15 is 0 Å². The van der Waals surface area contributed by atoms with Gasteiger partial charge in [-0.15, -0.1) is 0 Å². The summed E-state index contributed by atoms with van der Waals surface area (Å²) in [6, 6.07) is -4.01. The lowest BCUT2D eigenvalue weighted by Crippen LogP contribution is -2.58. The molecule has 1 aromatic heterocycles. The summed E-state index contributed by atoms with van der Waals surface area (Å²) in [5, 5.41) is 17.1. The first-order chi connectivity index (χ1) is 15.1. The van der Waals surface area contributed by atoms with Crippen molar-refractivity contribution in [3.05, 3.63) is 18.2 Å². The zero-order valence-electron chi connectivity index (χ0n) is 18.3. The van der Waals surface area contributed by atoms with Gasteiger partial charge in [-0.3, -0.25) is 14.4 Å². The number of imidazole rings is 1. The van der Waals surface area contributed by atoms with Gasteiger partial charge in [-0.2, -0.15) is 24.4 Å². The summed E-state index contributed by atoms with van der Waals surface area (Å²) in [5.74, 6) is -2.62. The van der Waals surface area contributed by atoms with E-state index < -0.39 is 47.9 Å². The fraction of sp³-hybridized carbons (Fsp3) is 0.632. The Bertz CT molecular complexity index is 761. The molecule has 4 unspecified atom stereocenters. The Morgan fingerprint density at radius 3 is 2.28 bits per heavy atom. The van der Waals surface area contributed by atoms with Crippen molar-refractivity contribution >= 4 is 48.1 Å². The molecule has 1 aromatic rings. The molecule has 1 heterocycles. The quantitative estimate of drug-likeness (QED) is 0.166. The largest absolute Gasteiger partial charge is 0.480 e. The molecule has 0 bridgehead atoms. The number of aromatic amines is 1. The van der Waals surface area contributed by atoms with Crippen LogP contribution < -0.4 is 21.7 Å². The van der Waals surface area contributed by atoms with Gasteiger partial charge in [0.15, 0.2) is 0 Å². The first-order valence-electron chi connectivity index (χ1n) is 10.1. The highest BCUT2D eigenvalue weighted by molar-refractivity contribution is 7.98. The second-order valence-electron chi connectivity index (χ2n) is 7.54. The standard InChI is InChI=1S/C19H32N6O5S2/c1-10(2)15(19(29)30)25-17(27)13(4-5-32-3)23-18(28)14(6-11-7-21-9-22-11)24-16(26)12(20)8-31/h7,9-10,12-15,31H,4-6,8,20H2,1-3H3,(H,21,22)(H,23,28)(H,24,26)(H,25,27)(H,29,30). The molecule has 0 saturated heterocycles. The number of amides is 3. The monoisotopic (exact) mass is 488 g/mol. The smallest absolute Gasteiger partial charge is 0.326 e. The summed E-state index contributed by atoms with van der Waals surface area (Å²) < 4.78 is 0. The normalized spacial score (nSPS) is 14.8. The van der Waals surface area contributed by atoms with E-state index in [1.807, 2.05) is 6.26 Å². The van der Waals surface area contributed by atoms with Crippen LogP contribution in [0.1, 0.15) is 26.0 Å². The Hall–Kier alpha value is -2.25. The molecule has 0 spiro atoms. The third kappa shape index (κ3) is 9.09. The third-order valence-corrected chi connectivity index (χ3v) is 5.66. The second-order valence-corrected chi connectivity index (χ2v) is 8.89. The highest BCUT2D eigenvalue weighted by Crippen LogP contribution is 2.07. The molecular weight excluding hydrogens is 456 g/mol. The minimum Gasteiger partial charge on any atom is -0.480 e. The van der Waals surface area contributed by atoms with Gasteiger partial charge < -0.3 is 31.8 Å². The van der Waals surface area contributed by atoms with E-state index in [1.165, 1.54) is 24.3 Å². The molecule has 13 heteroatoms. The van der Waals surface area contributed by atoms with E-state index in [-0.39, 0.29) is 24.5 Å². The first kappa shape index (κ1) is 27.8. The number of carboxylic acids is 1. The number of carbonyl (C=O) groups excluding carboxylic acids is 3. The topological polar surface area (TPSA) is 179 Å². The highest BCUT2D eigenvalue weighted by atomic mass is 32.2. The van der Waals surface area contributed by atoms with Gasteiger partial charge in [0.1, 0.15) is 18.1 Å². The zero-order chi connectivity index (χ0) is 24.3. The van der Waals surface area contributed by atoms with Crippen LogP contribution in [0.3, 0.4) is 0 Å². The summed E-state index contributed by atoms with van der Waals surface area (Å²) in [6.07, 6.45) is 5.19. The van der Waals surface area contributed by atoms with E-state index in [2.05, 4.69) is 38.5 Å². The van der Waals surface area contributed by atoms with Crippen LogP contribution in [0.4, 0.5) is 0 Å². The fourth-order valence-corrected chi connectivity index (χ4v) is 3.37. The Morgan fingerprint density at radius 2 is 1.78 bits per heavy atom. The summed E-state index contributed by atoms with van der Waals surface area (Å²) >= 11 is 5.48. The van der Waals surface area contributed by atoms with Crippen LogP contribution in [0, 0.1) is 5.92 Å². The predicted octanol–water partition coefficient (Wildman–Crippen LogP) is -0.843. The number of hydrogen-bond donors (Lipinski definition) is 7. The number of aromatic nitrogens is 2. The number of aliphatic carboxylic acids is 1. The average Bonchev–Trinajstić information content (AvgIpc) is 3.25. The van der Waals surface area contributed by atoms with Gasteiger partial charge in [0.25, 0.3) is 0 Å². The van der Waals surface area contributed by atoms with Gasteiger partial charge in [-0.1, -0.05) is 13.8 Å². The molecule has 0 radical (unpaired) electrons. The molecule has 0 aliphatic heterocycles. The van der Waals surface area contributed by atoms with Gasteiger partial charge >= 0.3 is 5.97 Å². The maximum absolute atomic E-state index is 13.0. The minimum absolute atomic E-state index is 0.0920. The summed E-state index contributed by atoms with van der Waals surface area (Å²) in [4.78, 5) is 56.3. The molecule has 11 nitrogen and oxygen atoms in total. The predicted molar refractivity (Wildman–Crippen MR) is 125 cm³/mol. The first-order valence-corrected chi connectivity index (χ1v) is 12.1. The molecule has 0 aromatic carbocycles. The van der Waals surface area contributed by atoms with Crippen molar-refractivity contribution in [2.45, 2.75) is 50.9 Å². The number of nitrogens with one attached hydrogen (secondary N) is 4. The molecular formula is C19H32N6O5S2. The zero-order valence-corrected chi connectivity index (χ0v) is 20.0. The molecule has 1 rings (SSSR count). The van der Waals surface area contributed by atoms with Crippen LogP contribution in [0.5, 0.6) is 0 Å². The Kier molecular flexibility index (Phi) is 12.2. The van der Waals surface area contributed by atoms with E-state index in [4.69, 9.17) is 5.73 Å². The van der Waals surface area contributed by atoms with Gasteiger partial charge in [0.2, 0.25) is 17.7 Å². The minimum atomic E-state index is -1.16. The third-order valence-electron chi connectivity index (χ3n) is 4.62. The number of rotatable bonds is 14. The van der Waals surface area contributed by atoms with Crippen molar-refractivity contribution in [3.63, 3.8) is 0 Å². The number of hydrogen-bond acceptors (Lipinski definition) is 8. The number of thioether (sulfide) groups is 1. The van der Waals surface area contributed by atoms with Crippen LogP contribution in [0.15, 0.2) is 12.5 Å². The maximum Gasteiger partial charge on any atom is 0.326 e. The number of carbonyl (C=O) groups is 4. The summed E-state index contributed by atoms with van der Waals surface area (Å²) in [6.45, 7) is 3.35. The molecule has 0 aliphatic carbocycles. The van der Waals surface area contributed by atoms with E-state index in [0.717, 1.165) is 0 Å². The highest BCUT2D eigenvalue weighted by Gasteiger charge is 2.31. The molecule has 32 heavy (non-hydrogen) atoms. The van der Waals surface area contributed by atoms with Gasteiger partial charge in [0, 0.05) is 24.1 Å². The molecule has 0 aliphatic rings. The van der Waals surface area contributed by atoms with E-state index in [1.54, 1.807) is 13.8 Å². The fourth-order valence-electron chi connectivity index (χ4n) is 2.73. The van der Waals surface area contributed by atoms with Gasteiger partial charge in [-0.05, 0) is 24.3 Å². The SMILES string of the molecule is CSCCC(NC(=O)C(Cc1cnc[nH]1)NC(=O)C(N)CS)C(=O)NC(C(=O)O)C(C)C. The van der Waals surface area contributed by atoms with Crippen LogP contribution in [0.2, 0.25) is 0 Å². The van der Waals surface area contributed by atoms with Crippen LogP contribution >= 0.6 is 24.4 Å². The Labute approximate surface area is 196 Å². The van der Waals surface area contributed by atoms with E-state index in [9.17, 15) is 24.3 Å². The van der Waals surface area contributed by atoms with Gasteiger partial charge in [-0.25, -0.2) is 9.78 Å². The van der Waals surface area contributed by atoms with Crippen molar-refractivity contribution in [1.29, 1.82) is 0 Å². The van der Waals surface area contributed by atoms with E-state index in [0.29, 0.717) is 11.4 Å². The molecule has 3 amide bonds. The summed E-state index contributed by atoms with van der Waals surface area (Å²) in [5.41, 5.74) is 6.30. The number of nitrogens with two attached hydrogens (primary N) is 1. The molecule has 7 N–H and O–H groups in total. The lowest BCUT2D eigenvalue weighted by molar-refractivity contribution is -0.143. The number of carboxylic acid groups (broad SMARTS) is 1. The molecule has 180 valence electrons. The van der Waals surface area contributed by atoms with Crippen LogP contribution in [0.25, 0.3) is 0 Å². The van der Waals surface area contributed by atoms with Crippen molar-refractivity contribution in [2.24, 2.45) is 11.7 Å². The van der Waals surface area contributed by atoms with Crippen molar-refractivity contribution in [1.82, 2.24) is 25.9 Å². The van der Waals surface area contributed by atoms with Crippen LogP contribution in [-0.4, -0.2) is 80.7 Å². The Morgan fingerprint density at radius 1 is 1.16 bits per heavy atom. The molecule has 0 fully saturated rings. The second kappa shape index (κ2) is 14.0. The van der Waals surface area contributed by atoms with Gasteiger partial charge in [0.05, 0.1) is 12.4 Å². The molecule has 4 atom stereocenters. The lowest BCUT2D eigenvalue weighted by atomic mass is 10.0. The van der Waals surface area contributed by atoms with Crippen LogP contribution in [-0.2, 0) is 25.6 Å². The summed E-state index contributed by atoms with van der Waals surface area (Å²) in [7, 11) is 0. The number of nitrogens with zero attached hydrogens (tertiary/aromatic N) is 1. The maximum atomic E-state index is 13.0. The lowest BCUT2D eigenvalue weighted by Gasteiger charge is -2.25. The molecule has 0 saturated carbocycles.